The molecule has 0 aliphatic heterocycles. The van der Waals surface area contributed by atoms with Gasteiger partial charge in [0.25, 0.3) is 0 Å². The van der Waals surface area contributed by atoms with Crippen LogP contribution in [0, 0.1) is 0 Å². The molecule has 2 rings (SSSR count). The topological polar surface area (TPSA) is 83.8 Å². The van der Waals surface area contributed by atoms with Gasteiger partial charge in [0, 0.05) is 12.5 Å². The van der Waals surface area contributed by atoms with E-state index in [0.717, 1.165) is 11.1 Å². The second-order valence-corrected chi connectivity index (χ2v) is 4.45. The van der Waals surface area contributed by atoms with Gasteiger partial charge in [0.1, 0.15) is 5.75 Å². The van der Waals surface area contributed by atoms with Gasteiger partial charge in [0.2, 0.25) is 0 Å². The zero-order valence-electron chi connectivity index (χ0n) is 11.3. The van der Waals surface area contributed by atoms with Gasteiger partial charge in [-0.3, -0.25) is 4.79 Å². The highest BCUT2D eigenvalue weighted by Gasteiger charge is 2.21. The van der Waals surface area contributed by atoms with Crippen LogP contribution in [0.25, 0.3) is 11.1 Å². The normalized spacial score (nSPS) is 11.7. The van der Waals surface area contributed by atoms with E-state index >= 15 is 0 Å². The largest absolute Gasteiger partial charge is 0.479 e. The van der Waals surface area contributed by atoms with Crippen LogP contribution < -0.4 is 4.74 Å². The molecule has 5 heteroatoms. The van der Waals surface area contributed by atoms with Crippen LogP contribution in [-0.2, 0) is 9.59 Å². The first-order valence-electron chi connectivity index (χ1n) is 6.27. The SMILES string of the molecule is CC(=O)Oc1cc(-c2ccccc2)ccc1C(O)C(=O)O. The highest BCUT2D eigenvalue weighted by molar-refractivity contribution is 5.78. The van der Waals surface area contributed by atoms with E-state index < -0.39 is 18.0 Å². The third kappa shape index (κ3) is 3.46. The molecule has 2 aromatic rings. The van der Waals surface area contributed by atoms with E-state index in [1.165, 1.54) is 19.1 Å². The van der Waals surface area contributed by atoms with Gasteiger partial charge in [-0.1, -0.05) is 42.5 Å². The van der Waals surface area contributed by atoms with Crippen LogP contribution in [0.5, 0.6) is 5.75 Å². The van der Waals surface area contributed by atoms with E-state index in [2.05, 4.69) is 0 Å². The molecule has 2 aromatic carbocycles. The molecule has 1 atom stereocenters. The van der Waals surface area contributed by atoms with Gasteiger partial charge < -0.3 is 14.9 Å². The van der Waals surface area contributed by atoms with E-state index in [4.69, 9.17) is 9.84 Å². The Morgan fingerprint density at radius 2 is 1.71 bits per heavy atom. The lowest BCUT2D eigenvalue weighted by molar-refractivity contribution is -0.147. The lowest BCUT2D eigenvalue weighted by atomic mass is 10.0. The Bertz CT molecular complexity index is 664. The van der Waals surface area contributed by atoms with Crippen molar-refractivity contribution < 1.29 is 24.5 Å². The maximum Gasteiger partial charge on any atom is 0.337 e. The van der Waals surface area contributed by atoms with Crippen molar-refractivity contribution >= 4 is 11.9 Å². The van der Waals surface area contributed by atoms with Crippen molar-refractivity contribution in [3.05, 3.63) is 54.1 Å². The molecule has 21 heavy (non-hydrogen) atoms. The summed E-state index contributed by atoms with van der Waals surface area (Å²) in [6, 6.07) is 14.0. The Balaban J connectivity index is 2.49. The van der Waals surface area contributed by atoms with Crippen molar-refractivity contribution in [3.8, 4) is 16.9 Å². The Labute approximate surface area is 121 Å². The number of benzene rings is 2. The number of esters is 1. The third-order valence-corrected chi connectivity index (χ3v) is 2.90. The first-order valence-corrected chi connectivity index (χ1v) is 6.27. The highest BCUT2D eigenvalue weighted by atomic mass is 16.5. The molecule has 2 N–H and O–H groups in total. The Kier molecular flexibility index (Phi) is 4.35. The predicted octanol–water partition coefficient (Wildman–Crippen LogP) is 2.40. The van der Waals surface area contributed by atoms with Crippen LogP contribution >= 0.6 is 0 Å². The summed E-state index contributed by atoms with van der Waals surface area (Å²) in [6.45, 7) is 1.21. The Hall–Kier alpha value is -2.66. The number of aliphatic hydroxyl groups is 1. The van der Waals surface area contributed by atoms with Gasteiger partial charge in [0.05, 0.1) is 0 Å². The fourth-order valence-electron chi connectivity index (χ4n) is 1.95. The zero-order valence-corrected chi connectivity index (χ0v) is 11.3. The monoisotopic (exact) mass is 286 g/mol. The first kappa shape index (κ1) is 14.7. The maximum absolute atomic E-state index is 11.2. The first-order chi connectivity index (χ1) is 9.99. The Morgan fingerprint density at radius 1 is 1.05 bits per heavy atom. The molecule has 0 saturated carbocycles. The number of carbonyl (C=O) groups excluding carboxylic acids is 1. The minimum absolute atomic E-state index is 0.0392. The summed E-state index contributed by atoms with van der Waals surface area (Å²) in [5.41, 5.74) is 1.69. The fourth-order valence-corrected chi connectivity index (χ4v) is 1.95. The molecule has 108 valence electrons. The number of aliphatic hydroxyl groups excluding tert-OH is 1. The number of carboxylic acid groups (broad SMARTS) is 1. The lowest BCUT2D eigenvalue weighted by Gasteiger charge is -2.13. The summed E-state index contributed by atoms with van der Waals surface area (Å²) < 4.78 is 5.02. The van der Waals surface area contributed by atoms with Gasteiger partial charge >= 0.3 is 11.9 Å². The standard InChI is InChI=1S/C16H14O5/c1-10(17)21-14-9-12(11-5-3-2-4-6-11)7-8-13(14)15(18)16(19)20/h2-9,15,18H,1H3,(H,19,20). The number of carbonyl (C=O) groups is 2. The number of hydrogen-bond donors (Lipinski definition) is 2. The van der Waals surface area contributed by atoms with E-state index in [1.807, 2.05) is 30.3 Å². The van der Waals surface area contributed by atoms with Crippen molar-refractivity contribution in [2.24, 2.45) is 0 Å². The van der Waals surface area contributed by atoms with Gasteiger partial charge in [-0.25, -0.2) is 4.79 Å². The molecule has 0 aliphatic carbocycles. The molecule has 0 heterocycles. The van der Waals surface area contributed by atoms with Crippen LogP contribution in [0.4, 0.5) is 0 Å². The number of hydrogen-bond acceptors (Lipinski definition) is 4. The number of carboxylic acids is 1. The number of rotatable bonds is 4. The third-order valence-electron chi connectivity index (χ3n) is 2.90. The maximum atomic E-state index is 11.2. The van der Waals surface area contributed by atoms with Crippen molar-refractivity contribution in [1.82, 2.24) is 0 Å². The van der Waals surface area contributed by atoms with Gasteiger partial charge in [-0.05, 0) is 17.2 Å². The van der Waals surface area contributed by atoms with E-state index in [1.54, 1.807) is 6.07 Å². The molecule has 0 spiro atoms. The molecule has 0 aromatic heterocycles. The van der Waals surface area contributed by atoms with E-state index in [9.17, 15) is 14.7 Å². The van der Waals surface area contributed by atoms with Crippen LogP contribution in [0.1, 0.15) is 18.6 Å². The zero-order chi connectivity index (χ0) is 15.4. The predicted molar refractivity (Wildman–Crippen MR) is 75.8 cm³/mol. The van der Waals surface area contributed by atoms with Crippen LogP contribution in [0.3, 0.4) is 0 Å². The van der Waals surface area contributed by atoms with Crippen LogP contribution in [0.2, 0.25) is 0 Å². The average Bonchev–Trinajstić information content (AvgIpc) is 2.46. The second-order valence-electron chi connectivity index (χ2n) is 4.45. The molecule has 0 bridgehead atoms. The molecular formula is C16H14O5. The van der Waals surface area contributed by atoms with Crippen LogP contribution in [0.15, 0.2) is 48.5 Å². The molecule has 5 nitrogen and oxygen atoms in total. The molecule has 0 fully saturated rings. The summed E-state index contributed by atoms with van der Waals surface area (Å²) in [4.78, 5) is 22.1. The highest BCUT2D eigenvalue weighted by Crippen LogP contribution is 2.31. The average molecular weight is 286 g/mol. The van der Waals surface area contributed by atoms with Crippen molar-refractivity contribution in [2.75, 3.05) is 0 Å². The van der Waals surface area contributed by atoms with Gasteiger partial charge in [0.15, 0.2) is 6.10 Å². The molecular weight excluding hydrogens is 272 g/mol. The van der Waals surface area contributed by atoms with Gasteiger partial charge in [-0.2, -0.15) is 0 Å². The smallest absolute Gasteiger partial charge is 0.337 e. The second kappa shape index (κ2) is 6.19. The summed E-state index contributed by atoms with van der Waals surface area (Å²) in [6.07, 6.45) is -1.75. The molecule has 0 radical (unpaired) electrons. The van der Waals surface area contributed by atoms with E-state index in [0.29, 0.717) is 0 Å². The summed E-state index contributed by atoms with van der Waals surface area (Å²) in [5.74, 6) is -1.95. The summed E-state index contributed by atoms with van der Waals surface area (Å²) >= 11 is 0. The minimum atomic E-state index is -1.75. The van der Waals surface area contributed by atoms with Crippen molar-refractivity contribution in [3.63, 3.8) is 0 Å². The lowest BCUT2D eigenvalue weighted by Crippen LogP contribution is -2.13. The van der Waals surface area contributed by atoms with Gasteiger partial charge in [-0.15, -0.1) is 0 Å². The summed E-state index contributed by atoms with van der Waals surface area (Å²) in [7, 11) is 0. The minimum Gasteiger partial charge on any atom is -0.479 e. The number of ether oxygens (including phenoxy) is 1. The molecule has 0 aliphatic rings. The quantitative estimate of drug-likeness (QED) is 0.666. The van der Waals surface area contributed by atoms with Crippen molar-refractivity contribution in [1.29, 1.82) is 0 Å². The number of aliphatic carboxylic acids is 1. The van der Waals surface area contributed by atoms with E-state index in [-0.39, 0.29) is 11.3 Å². The van der Waals surface area contributed by atoms with Crippen LogP contribution in [-0.4, -0.2) is 22.2 Å². The van der Waals surface area contributed by atoms with Crippen molar-refractivity contribution in [2.45, 2.75) is 13.0 Å². The molecule has 0 saturated heterocycles. The molecule has 0 amide bonds. The summed E-state index contributed by atoms with van der Waals surface area (Å²) in [5, 5.41) is 18.6. The Morgan fingerprint density at radius 3 is 2.29 bits per heavy atom. The fraction of sp³-hybridized carbons (Fsp3) is 0.125. The molecule has 1 unspecified atom stereocenters.